The highest BCUT2D eigenvalue weighted by atomic mass is 35.5. The molecule has 0 aromatic heterocycles. The van der Waals surface area contributed by atoms with Crippen molar-refractivity contribution in [3.05, 3.63) is 69.2 Å². The summed E-state index contributed by atoms with van der Waals surface area (Å²) in [6, 6.07) is 14.0. The average Bonchev–Trinajstić information content (AvgIpc) is 3.03. The van der Waals surface area contributed by atoms with Gasteiger partial charge in [-0.1, -0.05) is 47.5 Å². The minimum absolute atomic E-state index is 0.726. The first-order chi connectivity index (χ1) is 10.2. The number of aryl methyl sites for hydroxylation is 2. The third-order valence-electron chi connectivity index (χ3n) is 3.62. The average molecular weight is 319 g/mol. The van der Waals surface area contributed by atoms with E-state index >= 15 is 0 Å². The van der Waals surface area contributed by atoms with Gasteiger partial charge in [0.05, 0.1) is 6.54 Å². The second-order valence-electron chi connectivity index (χ2n) is 5.05. The van der Waals surface area contributed by atoms with Crippen molar-refractivity contribution in [1.29, 1.82) is 0 Å². The van der Waals surface area contributed by atoms with Crippen LogP contribution >= 0.6 is 23.2 Å². The van der Waals surface area contributed by atoms with Crippen LogP contribution < -0.4 is 5.32 Å². The van der Waals surface area contributed by atoms with Crippen LogP contribution in [0.15, 0.2) is 47.5 Å². The fourth-order valence-electron chi connectivity index (χ4n) is 2.55. The molecule has 21 heavy (non-hydrogen) atoms. The number of hydrogen-bond acceptors (Lipinski definition) is 2. The largest absolute Gasteiger partial charge is 0.368 e. The van der Waals surface area contributed by atoms with Crippen molar-refractivity contribution >= 4 is 29.0 Å². The number of halogens is 2. The van der Waals surface area contributed by atoms with E-state index < -0.39 is 0 Å². The van der Waals surface area contributed by atoms with Crippen molar-refractivity contribution in [2.45, 2.75) is 12.8 Å². The first-order valence-electron chi connectivity index (χ1n) is 7.04. The number of nitrogens with one attached hydrogen (secondary N) is 1. The number of nitrogens with zero attached hydrogens (tertiary/aromatic N) is 1. The van der Waals surface area contributed by atoms with Gasteiger partial charge in [0.25, 0.3) is 0 Å². The van der Waals surface area contributed by atoms with E-state index in [9.17, 15) is 0 Å². The standard InChI is InChI=1S/C17H16Cl2N2/c18-14-7-8-16(19)13(11-14)6-5-12-3-1-2-4-15(12)17-20-9-10-21-17/h1-4,7-8,11H,5-6,9-10H2,(H,20,21). The Hall–Kier alpha value is -1.51. The number of hydrogen-bond donors (Lipinski definition) is 1. The van der Waals surface area contributed by atoms with Gasteiger partial charge in [-0.25, -0.2) is 0 Å². The van der Waals surface area contributed by atoms with Gasteiger partial charge in [0, 0.05) is 22.2 Å². The highest BCUT2D eigenvalue weighted by Crippen LogP contribution is 2.23. The van der Waals surface area contributed by atoms with Gasteiger partial charge in [-0.2, -0.15) is 0 Å². The summed E-state index contributed by atoms with van der Waals surface area (Å²) in [7, 11) is 0. The van der Waals surface area contributed by atoms with Crippen LogP contribution in [0.25, 0.3) is 0 Å². The van der Waals surface area contributed by atoms with E-state index in [2.05, 4.69) is 28.5 Å². The lowest BCUT2D eigenvalue weighted by atomic mass is 9.99. The molecule has 2 aromatic rings. The molecule has 0 saturated carbocycles. The van der Waals surface area contributed by atoms with Crippen LogP contribution in [0.2, 0.25) is 10.0 Å². The zero-order valence-electron chi connectivity index (χ0n) is 11.6. The maximum atomic E-state index is 6.23. The Morgan fingerprint density at radius 1 is 1.00 bits per heavy atom. The predicted molar refractivity (Wildman–Crippen MR) is 89.7 cm³/mol. The molecule has 0 fully saturated rings. The molecule has 1 aliphatic heterocycles. The van der Waals surface area contributed by atoms with Crippen molar-refractivity contribution in [3.8, 4) is 0 Å². The van der Waals surface area contributed by atoms with Crippen LogP contribution in [0, 0.1) is 0 Å². The maximum Gasteiger partial charge on any atom is 0.128 e. The van der Waals surface area contributed by atoms with E-state index in [1.165, 1.54) is 11.1 Å². The van der Waals surface area contributed by atoms with Gasteiger partial charge in [0.15, 0.2) is 0 Å². The fraction of sp³-hybridized carbons (Fsp3) is 0.235. The van der Waals surface area contributed by atoms with Gasteiger partial charge in [0.1, 0.15) is 5.84 Å². The van der Waals surface area contributed by atoms with Gasteiger partial charge < -0.3 is 5.32 Å². The molecule has 1 aliphatic rings. The second kappa shape index (κ2) is 6.50. The molecule has 0 atom stereocenters. The summed E-state index contributed by atoms with van der Waals surface area (Å²) in [6.45, 7) is 1.77. The molecule has 0 bridgehead atoms. The summed E-state index contributed by atoms with van der Waals surface area (Å²) in [6.07, 6.45) is 1.78. The molecule has 108 valence electrons. The Balaban J connectivity index is 1.81. The van der Waals surface area contributed by atoms with Crippen molar-refractivity contribution in [1.82, 2.24) is 5.32 Å². The number of benzene rings is 2. The lowest BCUT2D eigenvalue weighted by molar-refractivity contribution is 0.946. The molecule has 0 radical (unpaired) electrons. The van der Waals surface area contributed by atoms with Crippen LogP contribution in [0.1, 0.15) is 16.7 Å². The quantitative estimate of drug-likeness (QED) is 0.900. The van der Waals surface area contributed by atoms with Crippen LogP contribution in [0.4, 0.5) is 0 Å². The minimum Gasteiger partial charge on any atom is -0.368 e. The van der Waals surface area contributed by atoms with E-state index in [4.69, 9.17) is 23.2 Å². The molecule has 2 nitrogen and oxygen atoms in total. The lowest BCUT2D eigenvalue weighted by Gasteiger charge is -2.11. The molecule has 0 amide bonds. The summed E-state index contributed by atoms with van der Waals surface area (Å²) >= 11 is 12.3. The van der Waals surface area contributed by atoms with Gasteiger partial charge in [0.2, 0.25) is 0 Å². The fourth-order valence-corrected chi connectivity index (χ4v) is 2.96. The SMILES string of the molecule is Clc1ccc(Cl)c(CCc2ccccc2C2=NCCN2)c1. The van der Waals surface area contributed by atoms with Crippen LogP contribution in [-0.4, -0.2) is 18.9 Å². The summed E-state index contributed by atoms with van der Waals surface area (Å²) in [5, 5.41) is 4.83. The van der Waals surface area contributed by atoms with Crippen molar-refractivity contribution in [2.75, 3.05) is 13.1 Å². The molecule has 4 heteroatoms. The summed E-state index contributed by atoms with van der Waals surface area (Å²) in [5.74, 6) is 1.00. The van der Waals surface area contributed by atoms with Crippen molar-refractivity contribution < 1.29 is 0 Å². The van der Waals surface area contributed by atoms with E-state index in [1.54, 1.807) is 0 Å². The Bertz CT molecular complexity index is 680. The monoisotopic (exact) mass is 318 g/mol. The lowest BCUT2D eigenvalue weighted by Crippen LogP contribution is -2.21. The molecule has 3 rings (SSSR count). The Kier molecular flexibility index (Phi) is 4.47. The normalized spacial score (nSPS) is 13.9. The maximum absolute atomic E-state index is 6.23. The topological polar surface area (TPSA) is 24.4 Å². The molecule has 0 aliphatic carbocycles. The molecule has 2 aromatic carbocycles. The minimum atomic E-state index is 0.726. The predicted octanol–water partition coefficient (Wildman–Crippen LogP) is 4.13. The van der Waals surface area contributed by atoms with Gasteiger partial charge in [-0.15, -0.1) is 0 Å². The van der Waals surface area contributed by atoms with Crippen LogP contribution in [-0.2, 0) is 12.8 Å². The molecule has 1 N–H and O–H groups in total. The Morgan fingerprint density at radius 2 is 1.81 bits per heavy atom. The van der Waals surface area contributed by atoms with E-state index in [0.29, 0.717) is 0 Å². The number of amidine groups is 1. The zero-order chi connectivity index (χ0) is 14.7. The first-order valence-corrected chi connectivity index (χ1v) is 7.80. The Labute approximate surface area is 134 Å². The van der Waals surface area contributed by atoms with E-state index in [0.717, 1.165) is 47.4 Å². The van der Waals surface area contributed by atoms with Crippen molar-refractivity contribution in [2.24, 2.45) is 4.99 Å². The van der Waals surface area contributed by atoms with E-state index in [-0.39, 0.29) is 0 Å². The van der Waals surface area contributed by atoms with Crippen LogP contribution in [0.5, 0.6) is 0 Å². The number of rotatable bonds is 4. The first kappa shape index (κ1) is 14.4. The molecular formula is C17H16Cl2N2. The molecular weight excluding hydrogens is 303 g/mol. The van der Waals surface area contributed by atoms with Crippen molar-refractivity contribution in [3.63, 3.8) is 0 Å². The Morgan fingerprint density at radius 3 is 2.62 bits per heavy atom. The second-order valence-corrected chi connectivity index (χ2v) is 5.89. The highest BCUT2D eigenvalue weighted by molar-refractivity contribution is 6.33. The third kappa shape index (κ3) is 3.39. The van der Waals surface area contributed by atoms with Gasteiger partial charge >= 0.3 is 0 Å². The third-order valence-corrected chi connectivity index (χ3v) is 4.22. The molecule has 0 saturated heterocycles. The zero-order valence-corrected chi connectivity index (χ0v) is 13.1. The summed E-state index contributed by atoms with van der Waals surface area (Å²) < 4.78 is 0. The highest BCUT2D eigenvalue weighted by Gasteiger charge is 2.12. The molecule has 0 spiro atoms. The van der Waals surface area contributed by atoms with E-state index in [1.807, 2.05) is 24.3 Å². The molecule has 1 heterocycles. The molecule has 0 unspecified atom stereocenters. The smallest absolute Gasteiger partial charge is 0.128 e. The number of aliphatic imine (C=N–C) groups is 1. The summed E-state index contributed by atoms with van der Waals surface area (Å²) in [4.78, 5) is 4.51. The summed E-state index contributed by atoms with van der Waals surface area (Å²) in [5.41, 5.74) is 3.55. The van der Waals surface area contributed by atoms with Crippen LogP contribution in [0.3, 0.4) is 0 Å². The van der Waals surface area contributed by atoms with Gasteiger partial charge in [-0.05, 0) is 42.2 Å². The van der Waals surface area contributed by atoms with Gasteiger partial charge in [-0.3, -0.25) is 4.99 Å².